The van der Waals surface area contributed by atoms with Crippen LogP contribution in [0.15, 0.2) is 41.8 Å². The molecule has 1 unspecified atom stereocenters. The first-order chi connectivity index (χ1) is 15.8. The maximum Gasteiger partial charge on any atom is 0.311 e. The first-order valence-corrected chi connectivity index (χ1v) is 12.0. The molecule has 1 aromatic carbocycles. The first kappa shape index (κ1) is 22.8. The van der Waals surface area contributed by atoms with Gasteiger partial charge in [-0.1, -0.05) is 18.6 Å². The summed E-state index contributed by atoms with van der Waals surface area (Å²) in [5.41, 5.74) is 1.44. The van der Waals surface area contributed by atoms with E-state index < -0.39 is 28.0 Å². The lowest BCUT2D eigenvalue weighted by atomic mass is 10.1. The number of fused-ring (bicyclic) bond motifs is 1. The number of piperidine rings is 1. The number of carbonyl (C=O) groups excluding carboxylic acids is 2. The molecule has 3 heterocycles. The number of esters is 1. The minimum atomic E-state index is -3.53. The summed E-state index contributed by atoms with van der Waals surface area (Å²) < 4.78 is 32.2. The molecular weight excluding hydrogens is 448 g/mol. The molecule has 33 heavy (non-hydrogen) atoms. The van der Waals surface area contributed by atoms with Crippen LogP contribution in [0.25, 0.3) is 11.2 Å². The Bertz CT molecular complexity index is 1250. The summed E-state index contributed by atoms with van der Waals surface area (Å²) in [6, 6.07) is 6.15. The van der Waals surface area contributed by atoms with Crippen LogP contribution in [-0.2, 0) is 30.8 Å². The molecule has 1 fully saturated rings. The SMILES string of the molecule is CC(OC(=O)Cc1ccc(S(=O)(=O)N2CCCCC2)cc1)C(=O)Nc1ncnc2nc[nH]c12. The Morgan fingerprint density at radius 3 is 2.58 bits per heavy atom. The number of nitrogens with one attached hydrogen (secondary N) is 2. The lowest BCUT2D eigenvalue weighted by molar-refractivity contribution is -0.152. The number of hydrogen-bond acceptors (Lipinski definition) is 8. The number of sulfonamides is 1. The van der Waals surface area contributed by atoms with Gasteiger partial charge in [-0.15, -0.1) is 0 Å². The topological polar surface area (TPSA) is 147 Å². The molecular formula is C21H24N6O5S. The van der Waals surface area contributed by atoms with Crippen LogP contribution in [0.1, 0.15) is 31.7 Å². The number of hydrogen-bond donors (Lipinski definition) is 2. The van der Waals surface area contributed by atoms with Gasteiger partial charge in [0.15, 0.2) is 17.6 Å². The number of benzene rings is 1. The minimum absolute atomic E-state index is 0.0973. The van der Waals surface area contributed by atoms with Gasteiger partial charge in [-0.25, -0.2) is 23.4 Å². The summed E-state index contributed by atoms with van der Waals surface area (Å²) in [5, 5.41) is 2.59. The van der Waals surface area contributed by atoms with Crippen molar-refractivity contribution in [1.29, 1.82) is 0 Å². The molecule has 0 aliphatic carbocycles. The third kappa shape index (κ3) is 5.17. The zero-order chi connectivity index (χ0) is 23.4. The van der Waals surface area contributed by atoms with E-state index in [1.165, 1.54) is 36.0 Å². The highest BCUT2D eigenvalue weighted by Crippen LogP contribution is 2.21. The van der Waals surface area contributed by atoms with Gasteiger partial charge in [0.25, 0.3) is 5.91 Å². The zero-order valence-corrected chi connectivity index (χ0v) is 18.8. The maximum absolute atomic E-state index is 12.7. The second-order valence-electron chi connectivity index (χ2n) is 7.73. The Kier molecular flexibility index (Phi) is 6.65. The first-order valence-electron chi connectivity index (χ1n) is 10.6. The van der Waals surface area contributed by atoms with Crippen molar-refractivity contribution < 1.29 is 22.7 Å². The Morgan fingerprint density at radius 2 is 1.85 bits per heavy atom. The highest BCUT2D eigenvalue weighted by molar-refractivity contribution is 7.89. The fraction of sp³-hybridized carbons (Fsp3) is 0.381. The van der Waals surface area contributed by atoms with Crippen LogP contribution >= 0.6 is 0 Å². The molecule has 3 aromatic rings. The van der Waals surface area contributed by atoms with E-state index in [1.807, 2.05) is 0 Å². The van der Waals surface area contributed by atoms with Crippen LogP contribution in [0.3, 0.4) is 0 Å². The highest BCUT2D eigenvalue weighted by atomic mass is 32.2. The maximum atomic E-state index is 12.7. The number of H-pyrrole nitrogens is 1. The van der Waals surface area contributed by atoms with Crippen molar-refractivity contribution in [3.63, 3.8) is 0 Å². The zero-order valence-electron chi connectivity index (χ0n) is 18.0. The van der Waals surface area contributed by atoms with E-state index in [1.54, 1.807) is 12.1 Å². The van der Waals surface area contributed by atoms with Crippen LogP contribution in [0.4, 0.5) is 5.82 Å². The number of aromatic nitrogens is 4. The molecule has 1 aliphatic heterocycles. The largest absolute Gasteiger partial charge is 0.452 e. The fourth-order valence-corrected chi connectivity index (χ4v) is 5.09. The molecule has 1 atom stereocenters. The van der Waals surface area contributed by atoms with Crippen molar-refractivity contribution in [3.8, 4) is 0 Å². The van der Waals surface area contributed by atoms with E-state index in [2.05, 4.69) is 25.3 Å². The number of imidazole rings is 1. The normalized spacial score (nSPS) is 15.8. The standard InChI is InChI=1S/C21H24N6O5S/c1-14(21(29)26-20-18-19(23-12-22-18)24-13-25-20)32-17(28)11-15-5-7-16(8-6-15)33(30,31)27-9-3-2-4-10-27/h5-8,12-14H,2-4,9-11H2,1H3,(H2,22,23,24,25,26,29). The molecule has 4 rings (SSSR count). The Labute approximate surface area is 190 Å². The lowest BCUT2D eigenvalue weighted by Crippen LogP contribution is -2.35. The van der Waals surface area contributed by atoms with Gasteiger partial charge >= 0.3 is 5.97 Å². The third-order valence-corrected chi connectivity index (χ3v) is 7.28. The van der Waals surface area contributed by atoms with Crippen LogP contribution in [0.5, 0.6) is 0 Å². The van der Waals surface area contributed by atoms with Gasteiger partial charge in [0.05, 0.1) is 17.6 Å². The predicted molar refractivity (Wildman–Crippen MR) is 119 cm³/mol. The second-order valence-corrected chi connectivity index (χ2v) is 9.67. The van der Waals surface area contributed by atoms with Gasteiger partial charge in [-0.05, 0) is 37.5 Å². The monoisotopic (exact) mass is 472 g/mol. The highest BCUT2D eigenvalue weighted by Gasteiger charge is 2.26. The van der Waals surface area contributed by atoms with Crippen LogP contribution in [0.2, 0.25) is 0 Å². The van der Waals surface area contributed by atoms with E-state index >= 15 is 0 Å². The quantitative estimate of drug-likeness (QED) is 0.493. The molecule has 1 aliphatic rings. The number of amides is 1. The van der Waals surface area contributed by atoms with E-state index in [-0.39, 0.29) is 17.1 Å². The summed E-state index contributed by atoms with van der Waals surface area (Å²) >= 11 is 0. The molecule has 0 saturated carbocycles. The van der Waals surface area contributed by atoms with Crippen molar-refractivity contribution in [2.24, 2.45) is 0 Å². The number of aromatic amines is 1. The second kappa shape index (κ2) is 9.63. The summed E-state index contributed by atoms with van der Waals surface area (Å²) in [7, 11) is -3.53. The Balaban J connectivity index is 1.33. The van der Waals surface area contributed by atoms with Crippen LogP contribution < -0.4 is 5.32 Å². The molecule has 0 spiro atoms. The minimum Gasteiger partial charge on any atom is -0.452 e. The summed E-state index contributed by atoms with van der Waals surface area (Å²) in [4.78, 5) is 39.7. The number of ether oxygens (including phenoxy) is 1. The van der Waals surface area contributed by atoms with Crippen LogP contribution in [0, 0.1) is 0 Å². The van der Waals surface area contributed by atoms with E-state index in [9.17, 15) is 18.0 Å². The van der Waals surface area contributed by atoms with Crippen molar-refractivity contribution >= 4 is 38.9 Å². The van der Waals surface area contributed by atoms with E-state index in [0.717, 1.165) is 19.3 Å². The Hall–Kier alpha value is -3.38. The molecule has 11 nitrogen and oxygen atoms in total. The molecule has 174 valence electrons. The average molecular weight is 473 g/mol. The van der Waals surface area contributed by atoms with Gasteiger partial charge in [-0.3, -0.25) is 9.59 Å². The number of anilines is 1. The number of carbonyl (C=O) groups is 2. The third-order valence-electron chi connectivity index (χ3n) is 5.37. The Morgan fingerprint density at radius 1 is 1.12 bits per heavy atom. The molecule has 2 N–H and O–H groups in total. The van der Waals surface area contributed by atoms with E-state index in [4.69, 9.17) is 4.74 Å². The predicted octanol–water partition coefficient (Wildman–Crippen LogP) is 1.64. The smallest absolute Gasteiger partial charge is 0.311 e. The molecule has 0 radical (unpaired) electrons. The molecule has 1 amide bonds. The van der Waals surface area contributed by atoms with Crippen LogP contribution in [-0.4, -0.2) is 63.7 Å². The van der Waals surface area contributed by atoms with Gasteiger partial charge in [-0.2, -0.15) is 4.31 Å². The fourth-order valence-electron chi connectivity index (χ4n) is 3.57. The summed E-state index contributed by atoms with van der Waals surface area (Å²) in [6.45, 7) is 2.50. The lowest BCUT2D eigenvalue weighted by Gasteiger charge is -2.25. The summed E-state index contributed by atoms with van der Waals surface area (Å²) in [6.07, 6.45) is 4.30. The molecule has 2 aromatic heterocycles. The van der Waals surface area contributed by atoms with Crippen molar-refractivity contribution in [2.75, 3.05) is 18.4 Å². The van der Waals surface area contributed by atoms with Crippen molar-refractivity contribution in [1.82, 2.24) is 24.2 Å². The number of rotatable bonds is 7. The van der Waals surface area contributed by atoms with Crippen molar-refractivity contribution in [2.45, 2.75) is 43.6 Å². The van der Waals surface area contributed by atoms with Gasteiger partial charge < -0.3 is 15.0 Å². The number of nitrogens with zero attached hydrogens (tertiary/aromatic N) is 4. The molecule has 1 saturated heterocycles. The van der Waals surface area contributed by atoms with Gasteiger partial charge in [0.2, 0.25) is 10.0 Å². The van der Waals surface area contributed by atoms with Gasteiger partial charge in [0, 0.05) is 13.1 Å². The van der Waals surface area contributed by atoms with Crippen molar-refractivity contribution in [3.05, 3.63) is 42.5 Å². The van der Waals surface area contributed by atoms with E-state index in [0.29, 0.717) is 29.8 Å². The summed E-state index contributed by atoms with van der Waals surface area (Å²) in [5.74, 6) is -0.935. The molecule has 0 bridgehead atoms. The average Bonchev–Trinajstić information content (AvgIpc) is 3.30. The van der Waals surface area contributed by atoms with Gasteiger partial charge in [0.1, 0.15) is 11.8 Å². The molecule has 12 heteroatoms.